The fraction of sp³-hybridized carbons (Fsp3) is 0.308. The number of aromatic nitrogens is 3. The van der Waals surface area contributed by atoms with Crippen LogP contribution in [0, 0.1) is 0 Å². The van der Waals surface area contributed by atoms with Crippen LogP contribution in [-0.2, 0) is 16.6 Å². The largest absolute Gasteiger partial charge is 0.463 e. The first-order chi connectivity index (χ1) is 10.0. The van der Waals surface area contributed by atoms with Gasteiger partial charge in [-0.1, -0.05) is 23.2 Å². The molecule has 0 bridgehead atoms. The van der Waals surface area contributed by atoms with Crippen LogP contribution in [0.1, 0.15) is 6.92 Å². The van der Waals surface area contributed by atoms with Gasteiger partial charge in [0.2, 0.25) is 0 Å². The third-order valence-electron chi connectivity index (χ3n) is 2.54. The van der Waals surface area contributed by atoms with Crippen molar-refractivity contribution in [2.45, 2.75) is 6.92 Å². The number of esters is 1. The van der Waals surface area contributed by atoms with E-state index in [1.54, 1.807) is 32.2 Å². The van der Waals surface area contributed by atoms with Gasteiger partial charge in [-0.25, -0.2) is 9.48 Å². The maximum Gasteiger partial charge on any atom is 0.344 e. The first-order valence-corrected chi connectivity index (χ1v) is 6.91. The molecule has 1 heterocycles. The lowest BCUT2D eigenvalue weighted by Crippen LogP contribution is -2.15. The quantitative estimate of drug-likeness (QED) is 0.789. The monoisotopic (exact) mass is 329 g/mol. The van der Waals surface area contributed by atoms with Gasteiger partial charge in [-0.3, -0.25) is 0 Å². The molecule has 0 saturated carbocycles. The van der Waals surface area contributed by atoms with Crippen molar-refractivity contribution >= 4 is 29.2 Å². The zero-order chi connectivity index (χ0) is 15.4. The highest BCUT2D eigenvalue weighted by Crippen LogP contribution is 2.29. The Morgan fingerprint density at radius 1 is 1.38 bits per heavy atom. The summed E-state index contributed by atoms with van der Waals surface area (Å²) < 4.78 is 11.4. The minimum absolute atomic E-state index is 0.0755. The molecule has 2 rings (SSSR count). The van der Waals surface area contributed by atoms with Gasteiger partial charge in [-0.15, -0.1) is 5.10 Å². The Balaban J connectivity index is 2.17. The van der Waals surface area contributed by atoms with Crippen LogP contribution in [0.25, 0.3) is 11.4 Å². The van der Waals surface area contributed by atoms with E-state index in [4.69, 9.17) is 32.7 Å². The number of rotatable bonds is 5. The maximum absolute atomic E-state index is 11.2. The van der Waals surface area contributed by atoms with Gasteiger partial charge in [0.1, 0.15) is 0 Å². The van der Waals surface area contributed by atoms with Gasteiger partial charge in [-0.2, -0.15) is 4.98 Å². The summed E-state index contributed by atoms with van der Waals surface area (Å²) in [6.07, 6.45) is 0. The van der Waals surface area contributed by atoms with E-state index < -0.39 is 5.97 Å². The van der Waals surface area contributed by atoms with Crippen molar-refractivity contribution in [3.05, 3.63) is 28.2 Å². The molecule has 0 aliphatic rings. The number of hydrogen-bond acceptors (Lipinski definition) is 5. The first kappa shape index (κ1) is 15.6. The fourth-order valence-corrected chi connectivity index (χ4v) is 2.15. The normalized spacial score (nSPS) is 10.5. The molecule has 21 heavy (non-hydrogen) atoms. The van der Waals surface area contributed by atoms with Crippen LogP contribution < -0.4 is 4.74 Å². The molecule has 0 unspecified atom stereocenters. The SMILES string of the molecule is CCOC(=O)COc1nc(-c2ccc(Cl)cc2Cl)n(C)n1. The molecular weight excluding hydrogens is 317 g/mol. The molecule has 0 N–H and O–H groups in total. The molecule has 1 aromatic carbocycles. The van der Waals surface area contributed by atoms with Gasteiger partial charge >= 0.3 is 12.0 Å². The topological polar surface area (TPSA) is 66.2 Å². The summed E-state index contributed by atoms with van der Waals surface area (Å²) in [5.41, 5.74) is 0.669. The number of carbonyl (C=O) groups excluding carboxylic acids is 1. The Labute approximate surface area is 131 Å². The van der Waals surface area contributed by atoms with Crippen LogP contribution in [0.2, 0.25) is 10.0 Å². The van der Waals surface area contributed by atoms with Crippen molar-refractivity contribution in [3.8, 4) is 17.4 Å². The van der Waals surface area contributed by atoms with Crippen molar-refractivity contribution < 1.29 is 14.3 Å². The lowest BCUT2D eigenvalue weighted by Gasteiger charge is -2.02. The smallest absolute Gasteiger partial charge is 0.344 e. The summed E-state index contributed by atoms with van der Waals surface area (Å²) in [6.45, 7) is 1.77. The predicted molar refractivity (Wildman–Crippen MR) is 78.6 cm³/mol. The number of benzene rings is 1. The molecule has 0 radical (unpaired) electrons. The van der Waals surface area contributed by atoms with Gasteiger partial charge in [0, 0.05) is 17.6 Å². The zero-order valence-electron chi connectivity index (χ0n) is 11.5. The van der Waals surface area contributed by atoms with E-state index in [0.29, 0.717) is 28.0 Å². The second kappa shape index (κ2) is 6.78. The molecule has 112 valence electrons. The van der Waals surface area contributed by atoms with Crippen LogP contribution in [0.4, 0.5) is 0 Å². The van der Waals surface area contributed by atoms with Crippen molar-refractivity contribution in [1.29, 1.82) is 0 Å². The number of nitrogens with zero attached hydrogens (tertiary/aromatic N) is 3. The molecule has 2 aromatic rings. The molecule has 6 nitrogen and oxygen atoms in total. The molecule has 0 amide bonds. The van der Waals surface area contributed by atoms with Crippen LogP contribution in [0.15, 0.2) is 18.2 Å². The van der Waals surface area contributed by atoms with Gasteiger partial charge < -0.3 is 9.47 Å². The fourth-order valence-electron chi connectivity index (χ4n) is 1.65. The Bertz CT molecular complexity index is 658. The van der Waals surface area contributed by atoms with E-state index in [2.05, 4.69) is 10.1 Å². The highest BCUT2D eigenvalue weighted by atomic mass is 35.5. The number of aryl methyl sites for hydroxylation is 1. The van der Waals surface area contributed by atoms with Crippen LogP contribution in [0.5, 0.6) is 6.01 Å². The minimum Gasteiger partial charge on any atom is -0.463 e. The van der Waals surface area contributed by atoms with E-state index in [1.165, 1.54) is 4.68 Å². The van der Waals surface area contributed by atoms with E-state index in [0.717, 1.165) is 0 Å². The van der Waals surface area contributed by atoms with Crippen LogP contribution in [0.3, 0.4) is 0 Å². The van der Waals surface area contributed by atoms with E-state index in [9.17, 15) is 4.79 Å². The minimum atomic E-state index is -0.476. The Morgan fingerprint density at radius 3 is 2.81 bits per heavy atom. The molecule has 0 fully saturated rings. The van der Waals surface area contributed by atoms with Gasteiger partial charge in [0.15, 0.2) is 12.4 Å². The Kier molecular flexibility index (Phi) is 5.03. The summed E-state index contributed by atoms with van der Waals surface area (Å²) in [5, 5.41) is 5.05. The Morgan fingerprint density at radius 2 is 2.14 bits per heavy atom. The van der Waals surface area contributed by atoms with E-state index in [-0.39, 0.29) is 12.6 Å². The summed E-state index contributed by atoms with van der Waals surface area (Å²) >= 11 is 12.0. The predicted octanol–water partition coefficient (Wildman–Crippen LogP) is 2.73. The summed E-state index contributed by atoms with van der Waals surface area (Å²) in [7, 11) is 1.70. The average Bonchev–Trinajstić information content (AvgIpc) is 2.78. The second-order valence-corrected chi connectivity index (χ2v) is 4.90. The van der Waals surface area contributed by atoms with E-state index in [1.807, 2.05) is 0 Å². The highest BCUT2D eigenvalue weighted by molar-refractivity contribution is 6.36. The molecule has 0 spiro atoms. The average molecular weight is 330 g/mol. The summed E-state index contributed by atoms with van der Waals surface area (Å²) in [6, 6.07) is 5.14. The number of halogens is 2. The van der Waals surface area contributed by atoms with E-state index >= 15 is 0 Å². The van der Waals surface area contributed by atoms with Gasteiger partial charge in [0.05, 0.1) is 11.6 Å². The molecule has 8 heteroatoms. The molecule has 0 atom stereocenters. The third-order valence-corrected chi connectivity index (χ3v) is 3.09. The molecule has 0 saturated heterocycles. The zero-order valence-corrected chi connectivity index (χ0v) is 13.0. The van der Waals surface area contributed by atoms with Crippen molar-refractivity contribution in [3.63, 3.8) is 0 Å². The second-order valence-electron chi connectivity index (χ2n) is 4.06. The van der Waals surface area contributed by atoms with Crippen LogP contribution >= 0.6 is 23.2 Å². The van der Waals surface area contributed by atoms with Crippen LogP contribution in [-0.4, -0.2) is 33.9 Å². The molecule has 0 aliphatic heterocycles. The number of hydrogen-bond donors (Lipinski definition) is 0. The molecular formula is C13H13Cl2N3O3. The van der Waals surface area contributed by atoms with Crippen molar-refractivity contribution in [2.75, 3.05) is 13.2 Å². The third kappa shape index (κ3) is 3.86. The molecule has 0 aliphatic carbocycles. The summed E-state index contributed by atoms with van der Waals surface area (Å²) in [4.78, 5) is 15.4. The lowest BCUT2D eigenvalue weighted by atomic mass is 10.2. The molecule has 1 aromatic heterocycles. The van der Waals surface area contributed by atoms with Gasteiger partial charge in [-0.05, 0) is 25.1 Å². The van der Waals surface area contributed by atoms with Crippen molar-refractivity contribution in [1.82, 2.24) is 14.8 Å². The standard InChI is InChI=1S/C13H13Cl2N3O3/c1-3-20-11(19)7-21-13-16-12(18(2)17-13)9-5-4-8(14)6-10(9)15/h4-6H,3,7H2,1-2H3. The Hall–Kier alpha value is -1.79. The van der Waals surface area contributed by atoms with Crippen molar-refractivity contribution in [2.24, 2.45) is 7.05 Å². The maximum atomic E-state index is 11.2. The number of carbonyl (C=O) groups is 1. The first-order valence-electron chi connectivity index (χ1n) is 6.16. The summed E-state index contributed by atoms with van der Waals surface area (Å²) in [5.74, 6) is 0.0338. The highest BCUT2D eigenvalue weighted by Gasteiger charge is 2.14. The lowest BCUT2D eigenvalue weighted by molar-refractivity contribution is -0.145. The number of ether oxygens (including phenoxy) is 2. The van der Waals surface area contributed by atoms with Gasteiger partial charge in [0.25, 0.3) is 0 Å².